The minimum absolute atomic E-state index is 0.104. The number of aromatic nitrogens is 1. The molecule has 1 amide bonds. The van der Waals surface area contributed by atoms with Crippen molar-refractivity contribution < 1.29 is 33.6 Å². The van der Waals surface area contributed by atoms with Crippen LogP contribution in [0.5, 0.6) is 17.2 Å². The van der Waals surface area contributed by atoms with Crippen molar-refractivity contribution in [2.45, 2.75) is 63.9 Å². The molecular formula is C25H31ClN2O7. The Bertz CT molecular complexity index is 1020. The third-order valence-electron chi connectivity index (χ3n) is 5.63. The maximum Gasteiger partial charge on any atom is 0.329 e. The summed E-state index contributed by atoms with van der Waals surface area (Å²) in [5, 5.41) is 13.4. The molecule has 0 radical (unpaired) electrons. The molecule has 4 atom stereocenters. The number of benzene rings is 1. The molecule has 0 saturated carbocycles. The predicted octanol–water partition coefficient (Wildman–Crippen LogP) is 3.91. The van der Waals surface area contributed by atoms with Crippen LogP contribution >= 0.6 is 11.6 Å². The Balaban J connectivity index is 1.78. The van der Waals surface area contributed by atoms with E-state index >= 15 is 0 Å². The van der Waals surface area contributed by atoms with Crippen LogP contribution < -0.4 is 14.8 Å². The molecule has 190 valence electrons. The highest BCUT2D eigenvalue weighted by Crippen LogP contribution is 2.28. The lowest BCUT2D eigenvalue weighted by Crippen LogP contribution is -2.46. The van der Waals surface area contributed by atoms with Gasteiger partial charge in [-0.2, -0.15) is 0 Å². The number of carbonyl (C=O) groups is 2. The molecule has 1 aliphatic rings. The van der Waals surface area contributed by atoms with Gasteiger partial charge in [-0.3, -0.25) is 4.79 Å². The number of nitrogens with one attached hydrogen (secondary N) is 1. The van der Waals surface area contributed by atoms with Gasteiger partial charge in [0, 0.05) is 23.9 Å². The van der Waals surface area contributed by atoms with Crippen molar-refractivity contribution in [3.63, 3.8) is 0 Å². The Labute approximate surface area is 209 Å². The topological polar surface area (TPSA) is 116 Å². The van der Waals surface area contributed by atoms with Gasteiger partial charge in [0.25, 0.3) is 5.91 Å². The summed E-state index contributed by atoms with van der Waals surface area (Å²) in [5.41, 5.74) is -0.239. The molecule has 1 saturated heterocycles. The van der Waals surface area contributed by atoms with E-state index in [2.05, 4.69) is 10.3 Å². The van der Waals surface area contributed by atoms with Crippen LogP contribution in [0.25, 0.3) is 0 Å². The van der Waals surface area contributed by atoms with Gasteiger partial charge in [-0.15, -0.1) is 0 Å². The van der Waals surface area contributed by atoms with Crippen molar-refractivity contribution in [1.82, 2.24) is 10.3 Å². The molecule has 0 unspecified atom stereocenters. The van der Waals surface area contributed by atoms with Gasteiger partial charge in [0.2, 0.25) is 0 Å². The second kappa shape index (κ2) is 12.6. The fourth-order valence-electron chi connectivity index (χ4n) is 3.88. The van der Waals surface area contributed by atoms with Crippen molar-refractivity contribution in [2.24, 2.45) is 0 Å². The molecule has 3 rings (SSSR count). The summed E-state index contributed by atoms with van der Waals surface area (Å²) in [6.07, 6.45) is 2.03. The molecule has 2 heterocycles. The first kappa shape index (κ1) is 26.6. The molecule has 2 aromatic rings. The zero-order chi connectivity index (χ0) is 25.4. The van der Waals surface area contributed by atoms with Crippen LogP contribution in [0.15, 0.2) is 36.5 Å². The number of esters is 1. The molecule has 35 heavy (non-hydrogen) atoms. The molecule has 2 N–H and O–H groups in total. The van der Waals surface area contributed by atoms with Gasteiger partial charge < -0.3 is 29.4 Å². The quantitative estimate of drug-likeness (QED) is 0.518. The van der Waals surface area contributed by atoms with Crippen molar-refractivity contribution in [1.29, 1.82) is 0 Å². The first-order valence-electron chi connectivity index (χ1n) is 11.6. The molecule has 10 heteroatoms. The average Bonchev–Trinajstić information content (AvgIpc) is 2.88. The fourth-order valence-corrected chi connectivity index (χ4v) is 4.06. The third-order valence-corrected chi connectivity index (χ3v) is 5.86. The second-order valence-corrected chi connectivity index (χ2v) is 8.69. The monoisotopic (exact) mass is 506 g/mol. The fraction of sp³-hybridized carbons (Fsp3) is 0.480. The SMILES string of the molecule is CCCO[C@H]1CCC[C@H](NC(=O)c2nccc(OC)c2O)C(=O)O[C@@H](C)[C@@H]1Oc1cccc(Cl)c1. The molecule has 1 aliphatic heterocycles. The van der Waals surface area contributed by atoms with Gasteiger partial charge in [-0.1, -0.05) is 24.6 Å². The Hall–Kier alpha value is -3.04. The first-order valence-corrected chi connectivity index (χ1v) is 12.0. The summed E-state index contributed by atoms with van der Waals surface area (Å²) in [6, 6.07) is 7.48. The lowest BCUT2D eigenvalue weighted by Gasteiger charge is -2.31. The van der Waals surface area contributed by atoms with E-state index in [1.165, 1.54) is 19.4 Å². The number of carbonyl (C=O) groups excluding carboxylic acids is 2. The summed E-state index contributed by atoms with van der Waals surface area (Å²) in [4.78, 5) is 29.7. The molecule has 1 aromatic heterocycles. The summed E-state index contributed by atoms with van der Waals surface area (Å²) in [5.74, 6) is -1.07. The first-order chi connectivity index (χ1) is 16.8. The van der Waals surface area contributed by atoms with Crippen LogP contribution in [0.4, 0.5) is 0 Å². The summed E-state index contributed by atoms with van der Waals surface area (Å²) >= 11 is 6.11. The van der Waals surface area contributed by atoms with E-state index in [4.69, 9.17) is 30.5 Å². The number of amides is 1. The van der Waals surface area contributed by atoms with Crippen molar-refractivity contribution in [2.75, 3.05) is 13.7 Å². The zero-order valence-corrected chi connectivity index (χ0v) is 20.8. The van der Waals surface area contributed by atoms with Crippen molar-refractivity contribution in [3.05, 3.63) is 47.2 Å². The lowest BCUT2D eigenvalue weighted by atomic mass is 10.0. The maximum atomic E-state index is 13.0. The van der Waals surface area contributed by atoms with Crippen molar-refractivity contribution >= 4 is 23.5 Å². The van der Waals surface area contributed by atoms with Crippen LogP contribution in [0.1, 0.15) is 50.0 Å². The minimum Gasteiger partial charge on any atom is -0.503 e. The van der Waals surface area contributed by atoms with Gasteiger partial charge in [0.05, 0.1) is 13.2 Å². The zero-order valence-electron chi connectivity index (χ0n) is 20.0. The van der Waals surface area contributed by atoms with Gasteiger partial charge in [-0.25, -0.2) is 9.78 Å². The number of nitrogens with zero attached hydrogens (tertiary/aromatic N) is 1. The van der Waals surface area contributed by atoms with E-state index in [1.807, 2.05) is 6.92 Å². The van der Waals surface area contributed by atoms with Crippen LogP contribution in [-0.2, 0) is 14.3 Å². The largest absolute Gasteiger partial charge is 0.503 e. The molecular weight excluding hydrogens is 476 g/mol. The standard InChI is InChI=1S/C25H31ClN2O7/c1-4-13-33-20-10-6-9-18(28-24(30)21-22(29)19(32-3)11-12-27-21)25(31)34-15(2)23(20)35-17-8-5-7-16(26)14-17/h5,7-8,11-12,14-15,18,20,23,29H,4,6,9-10,13H2,1-3H3,(H,28,30)/t15-,18-,20-,23-/m0/s1. The van der Waals surface area contributed by atoms with Crippen LogP contribution in [0.2, 0.25) is 5.02 Å². The van der Waals surface area contributed by atoms with E-state index in [1.54, 1.807) is 31.2 Å². The Morgan fingerprint density at radius 3 is 2.83 bits per heavy atom. The average molecular weight is 507 g/mol. The highest BCUT2D eigenvalue weighted by molar-refractivity contribution is 6.30. The highest BCUT2D eigenvalue weighted by atomic mass is 35.5. The number of ether oxygens (including phenoxy) is 4. The summed E-state index contributed by atoms with van der Waals surface area (Å²) in [7, 11) is 1.37. The van der Waals surface area contributed by atoms with Crippen LogP contribution in [-0.4, -0.2) is 60.0 Å². The summed E-state index contributed by atoms with van der Waals surface area (Å²) < 4.78 is 23.0. The third kappa shape index (κ3) is 6.99. The predicted molar refractivity (Wildman–Crippen MR) is 129 cm³/mol. The smallest absolute Gasteiger partial charge is 0.329 e. The van der Waals surface area contributed by atoms with E-state index in [9.17, 15) is 14.7 Å². The molecule has 0 bridgehead atoms. The number of halogens is 1. The number of hydrogen-bond donors (Lipinski definition) is 2. The second-order valence-electron chi connectivity index (χ2n) is 8.26. The van der Waals surface area contributed by atoms with Gasteiger partial charge in [0.1, 0.15) is 17.9 Å². The Morgan fingerprint density at radius 2 is 2.11 bits per heavy atom. The Morgan fingerprint density at radius 1 is 1.31 bits per heavy atom. The maximum absolute atomic E-state index is 13.0. The van der Waals surface area contributed by atoms with Crippen molar-refractivity contribution in [3.8, 4) is 17.2 Å². The Kier molecular flexibility index (Phi) is 9.56. The highest BCUT2D eigenvalue weighted by Gasteiger charge is 2.36. The number of rotatable bonds is 8. The van der Waals surface area contributed by atoms with E-state index in [-0.39, 0.29) is 17.5 Å². The number of pyridine rings is 1. The molecule has 0 aliphatic carbocycles. The molecule has 9 nitrogen and oxygen atoms in total. The minimum atomic E-state index is -0.936. The van der Waals surface area contributed by atoms with E-state index in [0.29, 0.717) is 36.6 Å². The van der Waals surface area contributed by atoms with Gasteiger partial charge >= 0.3 is 5.97 Å². The normalized spacial score (nSPS) is 22.8. The number of methoxy groups -OCH3 is 1. The van der Waals surface area contributed by atoms with Crippen LogP contribution in [0, 0.1) is 0 Å². The van der Waals surface area contributed by atoms with E-state index < -0.39 is 35.9 Å². The van der Waals surface area contributed by atoms with Gasteiger partial charge in [-0.05, 0) is 50.8 Å². The van der Waals surface area contributed by atoms with Gasteiger partial charge in [0.15, 0.2) is 23.3 Å². The van der Waals surface area contributed by atoms with E-state index in [0.717, 1.165) is 6.42 Å². The number of aromatic hydroxyl groups is 1. The molecule has 0 spiro atoms. The number of cyclic esters (lactones) is 1. The van der Waals surface area contributed by atoms with Crippen LogP contribution in [0.3, 0.4) is 0 Å². The molecule has 1 fully saturated rings. The number of hydrogen-bond acceptors (Lipinski definition) is 8. The molecule has 1 aromatic carbocycles. The summed E-state index contributed by atoms with van der Waals surface area (Å²) in [6.45, 7) is 4.27. The lowest BCUT2D eigenvalue weighted by molar-refractivity contribution is -0.159.